The molecule has 0 aliphatic heterocycles. The molecule has 0 saturated heterocycles. The van der Waals surface area contributed by atoms with E-state index in [-0.39, 0.29) is 0 Å². The van der Waals surface area contributed by atoms with Crippen LogP contribution in [0.4, 0.5) is 5.69 Å². The Balaban J connectivity index is 1.75. The zero-order valence-electron chi connectivity index (χ0n) is 15.3. The summed E-state index contributed by atoms with van der Waals surface area (Å²) in [4.78, 5) is 0. The fourth-order valence-corrected chi connectivity index (χ4v) is 3.43. The highest BCUT2D eigenvalue weighted by atomic mass is 35.5. The van der Waals surface area contributed by atoms with Crippen LogP contribution in [0.1, 0.15) is 18.1 Å². The van der Waals surface area contributed by atoms with Crippen LogP contribution < -0.4 is 14.8 Å². The van der Waals surface area contributed by atoms with E-state index in [0.29, 0.717) is 46.3 Å². The van der Waals surface area contributed by atoms with Crippen molar-refractivity contribution in [3.63, 3.8) is 0 Å². The summed E-state index contributed by atoms with van der Waals surface area (Å²) in [5.41, 5.74) is 2.77. The van der Waals surface area contributed by atoms with Crippen LogP contribution in [0, 0.1) is 0 Å². The van der Waals surface area contributed by atoms with E-state index in [0.717, 1.165) is 16.8 Å². The quantitative estimate of drug-likeness (QED) is 0.404. The van der Waals surface area contributed by atoms with Crippen molar-refractivity contribution in [1.29, 1.82) is 0 Å². The minimum absolute atomic E-state index is 0.440. The lowest BCUT2D eigenvalue weighted by atomic mass is 10.2. The minimum Gasteiger partial charge on any atom is -0.490 e. The van der Waals surface area contributed by atoms with E-state index in [1.165, 1.54) is 0 Å². The van der Waals surface area contributed by atoms with Crippen LogP contribution in [0.3, 0.4) is 0 Å². The van der Waals surface area contributed by atoms with Crippen LogP contribution in [0.25, 0.3) is 0 Å². The Hall–Kier alpha value is -2.07. The summed E-state index contributed by atoms with van der Waals surface area (Å²) in [7, 11) is 0. The normalized spacial score (nSPS) is 10.6. The van der Waals surface area contributed by atoms with E-state index in [9.17, 15) is 0 Å². The average molecular weight is 437 g/mol. The van der Waals surface area contributed by atoms with E-state index >= 15 is 0 Å². The lowest BCUT2D eigenvalue weighted by molar-refractivity contribution is 0.269. The summed E-state index contributed by atoms with van der Waals surface area (Å²) in [6.45, 7) is 3.39. The first-order valence-corrected chi connectivity index (χ1v) is 10.0. The molecule has 3 aromatic carbocycles. The van der Waals surface area contributed by atoms with Gasteiger partial charge in [0.2, 0.25) is 0 Å². The van der Waals surface area contributed by atoms with E-state index in [1.807, 2.05) is 55.5 Å². The van der Waals surface area contributed by atoms with Gasteiger partial charge in [-0.2, -0.15) is 0 Å². The van der Waals surface area contributed by atoms with Crippen LogP contribution >= 0.6 is 34.8 Å². The molecule has 3 nitrogen and oxygen atoms in total. The van der Waals surface area contributed by atoms with Gasteiger partial charge < -0.3 is 14.8 Å². The molecule has 0 amide bonds. The third kappa shape index (κ3) is 5.71. The maximum atomic E-state index is 6.48. The van der Waals surface area contributed by atoms with Crippen LogP contribution in [0.5, 0.6) is 11.5 Å². The summed E-state index contributed by atoms with van der Waals surface area (Å²) < 4.78 is 11.7. The highest BCUT2D eigenvalue weighted by molar-refractivity contribution is 6.35. The largest absolute Gasteiger partial charge is 0.490 e. The van der Waals surface area contributed by atoms with Crippen LogP contribution in [0.2, 0.25) is 15.1 Å². The molecule has 0 aliphatic carbocycles. The molecule has 3 rings (SSSR count). The topological polar surface area (TPSA) is 30.5 Å². The molecular weight excluding hydrogens is 417 g/mol. The number of ether oxygens (including phenoxy) is 2. The predicted octanol–water partition coefficient (Wildman–Crippen LogP) is 7.24. The molecule has 0 radical (unpaired) electrons. The fraction of sp³-hybridized carbons (Fsp3) is 0.182. The first-order valence-electron chi connectivity index (χ1n) is 8.87. The summed E-state index contributed by atoms with van der Waals surface area (Å²) in [6, 6.07) is 18.9. The molecule has 3 aromatic rings. The molecule has 146 valence electrons. The SMILES string of the molecule is CCOc1cc(CNc2cc(Cl)cc(Cl)c2)c(Cl)cc1OCc1ccccc1. The monoisotopic (exact) mass is 435 g/mol. The molecule has 6 heteroatoms. The second-order valence-electron chi connectivity index (χ2n) is 6.11. The Morgan fingerprint density at radius 1 is 0.821 bits per heavy atom. The van der Waals surface area contributed by atoms with Gasteiger partial charge in [-0.25, -0.2) is 0 Å². The first kappa shape index (κ1) is 20.7. The Morgan fingerprint density at radius 3 is 2.18 bits per heavy atom. The molecule has 0 aromatic heterocycles. The van der Waals surface area contributed by atoms with Crippen molar-refractivity contribution in [2.45, 2.75) is 20.1 Å². The van der Waals surface area contributed by atoms with Crippen molar-refractivity contribution in [2.75, 3.05) is 11.9 Å². The molecular formula is C22H20Cl3NO2. The van der Waals surface area contributed by atoms with Crippen molar-refractivity contribution < 1.29 is 9.47 Å². The average Bonchev–Trinajstić information content (AvgIpc) is 2.67. The van der Waals surface area contributed by atoms with Gasteiger partial charge in [0.05, 0.1) is 6.61 Å². The van der Waals surface area contributed by atoms with Crippen LogP contribution in [-0.4, -0.2) is 6.61 Å². The number of hydrogen-bond acceptors (Lipinski definition) is 3. The van der Waals surface area contributed by atoms with Gasteiger partial charge in [-0.1, -0.05) is 65.1 Å². The molecule has 0 heterocycles. The number of benzene rings is 3. The summed E-state index contributed by atoms with van der Waals surface area (Å²) >= 11 is 18.6. The zero-order valence-corrected chi connectivity index (χ0v) is 17.6. The maximum Gasteiger partial charge on any atom is 0.163 e. The van der Waals surface area contributed by atoms with Crippen LogP contribution in [0.15, 0.2) is 60.7 Å². The number of anilines is 1. The van der Waals surface area contributed by atoms with E-state index in [1.54, 1.807) is 12.1 Å². The van der Waals surface area contributed by atoms with Crippen molar-refractivity contribution in [3.05, 3.63) is 86.9 Å². The van der Waals surface area contributed by atoms with Gasteiger partial charge in [0.1, 0.15) is 6.61 Å². The van der Waals surface area contributed by atoms with Crippen molar-refractivity contribution >= 4 is 40.5 Å². The third-order valence-corrected chi connectivity index (χ3v) is 4.78. The molecule has 0 atom stereocenters. The second kappa shape index (κ2) is 9.92. The van der Waals surface area contributed by atoms with E-state index in [2.05, 4.69) is 5.32 Å². The molecule has 1 N–H and O–H groups in total. The van der Waals surface area contributed by atoms with Gasteiger partial charge in [-0.15, -0.1) is 0 Å². The lowest BCUT2D eigenvalue weighted by Crippen LogP contribution is -2.04. The Labute approximate surface area is 180 Å². The third-order valence-electron chi connectivity index (χ3n) is 4.00. The van der Waals surface area contributed by atoms with Gasteiger partial charge in [0.25, 0.3) is 0 Å². The minimum atomic E-state index is 0.440. The summed E-state index contributed by atoms with van der Waals surface area (Å²) in [5.74, 6) is 1.27. The van der Waals surface area contributed by atoms with Crippen molar-refractivity contribution in [2.24, 2.45) is 0 Å². The zero-order chi connectivity index (χ0) is 19.9. The predicted molar refractivity (Wildman–Crippen MR) is 117 cm³/mol. The summed E-state index contributed by atoms with van der Waals surface area (Å²) in [6.07, 6.45) is 0. The van der Waals surface area contributed by atoms with Gasteiger partial charge in [0.15, 0.2) is 11.5 Å². The van der Waals surface area contributed by atoms with Gasteiger partial charge in [-0.05, 0) is 42.3 Å². The molecule has 0 bridgehead atoms. The maximum absolute atomic E-state index is 6.48. The Kier molecular flexibility index (Phi) is 7.32. The molecule has 0 spiro atoms. The highest BCUT2D eigenvalue weighted by Gasteiger charge is 2.12. The van der Waals surface area contributed by atoms with Gasteiger partial charge in [0, 0.05) is 33.4 Å². The number of hydrogen-bond donors (Lipinski definition) is 1. The molecule has 28 heavy (non-hydrogen) atoms. The number of rotatable bonds is 8. The van der Waals surface area contributed by atoms with Gasteiger partial charge >= 0.3 is 0 Å². The van der Waals surface area contributed by atoms with Crippen molar-refractivity contribution in [3.8, 4) is 11.5 Å². The number of nitrogens with one attached hydrogen (secondary N) is 1. The molecule has 0 fully saturated rings. The smallest absolute Gasteiger partial charge is 0.163 e. The molecule has 0 unspecified atom stereocenters. The Morgan fingerprint density at radius 2 is 1.50 bits per heavy atom. The lowest BCUT2D eigenvalue weighted by Gasteiger charge is -2.16. The first-order chi connectivity index (χ1) is 13.5. The molecule has 0 saturated carbocycles. The fourth-order valence-electron chi connectivity index (χ4n) is 2.68. The molecule has 0 aliphatic rings. The van der Waals surface area contributed by atoms with Crippen LogP contribution in [-0.2, 0) is 13.2 Å². The second-order valence-corrected chi connectivity index (χ2v) is 7.39. The Bertz CT molecular complexity index is 912. The van der Waals surface area contributed by atoms with Gasteiger partial charge in [-0.3, -0.25) is 0 Å². The highest BCUT2D eigenvalue weighted by Crippen LogP contribution is 2.35. The van der Waals surface area contributed by atoms with Crippen molar-refractivity contribution in [1.82, 2.24) is 0 Å². The number of halogens is 3. The van der Waals surface area contributed by atoms with E-state index < -0.39 is 0 Å². The standard InChI is InChI=1S/C22H20Cl3NO2/c1-2-27-21-8-16(13-26-19-10-17(23)9-18(24)11-19)20(25)12-22(21)28-14-15-6-4-3-5-7-15/h3-12,26H,2,13-14H2,1H3. The summed E-state index contributed by atoms with van der Waals surface area (Å²) in [5, 5.41) is 5.01. The van der Waals surface area contributed by atoms with E-state index in [4.69, 9.17) is 44.3 Å².